The molecule has 0 bridgehead atoms. The van der Waals surface area contributed by atoms with Crippen molar-refractivity contribution in [2.24, 2.45) is 7.05 Å². The van der Waals surface area contributed by atoms with Gasteiger partial charge in [0.15, 0.2) is 5.69 Å². The van der Waals surface area contributed by atoms with E-state index in [1.807, 2.05) is 36.4 Å². The van der Waals surface area contributed by atoms with Gasteiger partial charge in [-0.2, -0.15) is 5.10 Å². The number of carboxylic acid groups (broad SMARTS) is 1. The first-order valence-corrected chi connectivity index (χ1v) is 11.0. The Labute approximate surface area is 196 Å². The number of benzene rings is 2. The molecule has 2 atom stereocenters. The summed E-state index contributed by atoms with van der Waals surface area (Å²) in [6, 6.07) is 16.1. The van der Waals surface area contributed by atoms with Crippen molar-refractivity contribution in [3.05, 3.63) is 76.6 Å². The van der Waals surface area contributed by atoms with Gasteiger partial charge in [-0.05, 0) is 35.6 Å². The lowest BCUT2D eigenvalue weighted by molar-refractivity contribution is 0.0123. The molecule has 1 aromatic heterocycles. The standard InChI is InChI=1S/C25H27N3O6/c1-14-21(22(24(31)32)28(2)27-14)23(30)20(29)11-12-26-25(33)34-13-19-17-9-5-3-7-15(17)16-8-4-6-10-18(16)19/h3-10,19-20,23,29-30H,11-13H2,1-2H3,(H,26,33)(H,31,32). The minimum absolute atomic E-state index is 0.00123. The highest BCUT2D eigenvalue weighted by atomic mass is 16.5. The maximum Gasteiger partial charge on any atom is 0.407 e. The Kier molecular flexibility index (Phi) is 6.67. The Morgan fingerprint density at radius 1 is 1.09 bits per heavy atom. The summed E-state index contributed by atoms with van der Waals surface area (Å²) in [5.74, 6) is -1.31. The number of aliphatic hydroxyl groups excluding tert-OH is 2. The third kappa shape index (κ3) is 4.40. The number of fused-ring (bicyclic) bond motifs is 3. The molecule has 2 unspecified atom stereocenters. The third-order valence-corrected chi connectivity index (χ3v) is 6.18. The smallest absolute Gasteiger partial charge is 0.407 e. The lowest BCUT2D eigenvalue weighted by atomic mass is 9.98. The zero-order chi connectivity index (χ0) is 24.4. The van der Waals surface area contributed by atoms with E-state index >= 15 is 0 Å². The Morgan fingerprint density at radius 3 is 2.26 bits per heavy atom. The van der Waals surface area contributed by atoms with Crippen LogP contribution in [0.3, 0.4) is 0 Å². The van der Waals surface area contributed by atoms with Crippen molar-refractivity contribution in [3.63, 3.8) is 0 Å². The Bertz CT molecular complexity index is 1180. The molecule has 34 heavy (non-hydrogen) atoms. The average Bonchev–Trinajstić information content (AvgIpc) is 3.30. The molecule has 0 aliphatic heterocycles. The summed E-state index contributed by atoms with van der Waals surface area (Å²) in [7, 11) is 1.46. The lowest BCUT2D eigenvalue weighted by Crippen LogP contribution is -2.31. The largest absolute Gasteiger partial charge is 0.477 e. The van der Waals surface area contributed by atoms with Gasteiger partial charge in [-0.1, -0.05) is 48.5 Å². The number of alkyl carbamates (subject to hydrolysis) is 1. The predicted molar refractivity (Wildman–Crippen MR) is 124 cm³/mol. The van der Waals surface area contributed by atoms with Gasteiger partial charge in [-0.3, -0.25) is 4.68 Å². The quantitative estimate of drug-likeness (QED) is 0.402. The van der Waals surface area contributed by atoms with E-state index in [1.165, 1.54) is 7.05 Å². The van der Waals surface area contributed by atoms with Crippen molar-refractivity contribution < 1.29 is 29.6 Å². The van der Waals surface area contributed by atoms with E-state index < -0.39 is 24.3 Å². The number of aromatic carboxylic acids is 1. The van der Waals surface area contributed by atoms with Gasteiger partial charge in [0.25, 0.3) is 0 Å². The topological polar surface area (TPSA) is 134 Å². The lowest BCUT2D eigenvalue weighted by Gasteiger charge is -2.19. The fourth-order valence-electron chi connectivity index (χ4n) is 4.60. The van der Waals surface area contributed by atoms with Gasteiger partial charge < -0.3 is 25.4 Å². The van der Waals surface area contributed by atoms with Gasteiger partial charge in [0.1, 0.15) is 12.7 Å². The van der Waals surface area contributed by atoms with Crippen LogP contribution in [0.25, 0.3) is 11.1 Å². The highest BCUT2D eigenvalue weighted by Gasteiger charge is 2.30. The summed E-state index contributed by atoms with van der Waals surface area (Å²) in [5.41, 5.74) is 4.67. The fraction of sp³-hybridized carbons (Fsp3) is 0.320. The minimum atomic E-state index is -1.45. The van der Waals surface area contributed by atoms with E-state index in [1.54, 1.807) is 6.92 Å². The number of carboxylic acids is 1. The number of hydrogen-bond acceptors (Lipinski definition) is 6. The molecule has 2 aromatic carbocycles. The average molecular weight is 466 g/mol. The van der Waals surface area contributed by atoms with Crippen LogP contribution in [0.1, 0.15) is 51.3 Å². The highest BCUT2D eigenvalue weighted by Crippen LogP contribution is 2.44. The van der Waals surface area contributed by atoms with Gasteiger partial charge in [0.05, 0.1) is 11.8 Å². The monoisotopic (exact) mass is 465 g/mol. The molecule has 0 spiro atoms. The number of aryl methyl sites for hydroxylation is 2. The summed E-state index contributed by atoms with van der Waals surface area (Å²) in [5, 5.41) is 36.8. The molecule has 0 saturated heterocycles. The van der Waals surface area contributed by atoms with Crippen LogP contribution in [0.2, 0.25) is 0 Å². The Hall–Kier alpha value is -3.69. The molecule has 1 amide bonds. The third-order valence-electron chi connectivity index (χ3n) is 6.18. The SMILES string of the molecule is Cc1nn(C)c(C(=O)O)c1C(O)C(O)CCNC(=O)OCC1c2ccccc2-c2ccccc21. The van der Waals surface area contributed by atoms with E-state index in [2.05, 4.69) is 22.5 Å². The second-order valence-electron chi connectivity index (χ2n) is 8.33. The van der Waals surface area contributed by atoms with E-state index in [0.29, 0.717) is 5.69 Å². The molecule has 9 nitrogen and oxygen atoms in total. The zero-order valence-corrected chi connectivity index (χ0v) is 18.9. The normalized spacial score (nSPS) is 14.2. The zero-order valence-electron chi connectivity index (χ0n) is 18.9. The summed E-state index contributed by atoms with van der Waals surface area (Å²) < 4.78 is 6.61. The molecule has 4 N–H and O–H groups in total. The molecule has 0 saturated carbocycles. The fourth-order valence-corrected chi connectivity index (χ4v) is 4.60. The molecular weight excluding hydrogens is 438 g/mol. The highest BCUT2D eigenvalue weighted by molar-refractivity contribution is 5.88. The van der Waals surface area contributed by atoms with Crippen molar-refractivity contribution in [2.45, 2.75) is 31.5 Å². The first kappa shape index (κ1) is 23.5. The van der Waals surface area contributed by atoms with Gasteiger partial charge in [-0.15, -0.1) is 0 Å². The van der Waals surface area contributed by atoms with Crippen LogP contribution in [0.5, 0.6) is 0 Å². The second kappa shape index (κ2) is 9.66. The number of ether oxygens (including phenoxy) is 1. The molecule has 0 fully saturated rings. The number of carbonyl (C=O) groups excluding carboxylic acids is 1. The predicted octanol–water partition coefficient (Wildman–Crippen LogP) is 2.75. The van der Waals surface area contributed by atoms with Crippen LogP contribution >= 0.6 is 0 Å². The number of nitrogens with zero attached hydrogens (tertiary/aromatic N) is 2. The van der Waals surface area contributed by atoms with Crippen LogP contribution in [0.15, 0.2) is 48.5 Å². The van der Waals surface area contributed by atoms with E-state index in [-0.39, 0.29) is 36.7 Å². The van der Waals surface area contributed by atoms with Gasteiger partial charge >= 0.3 is 12.1 Å². The van der Waals surface area contributed by atoms with Crippen LogP contribution in [0, 0.1) is 6.92 Å². The maximum absolute atomic E-state index is 12.3. The maximum atomic E-state index is 12.3. The first-order chi connectivity index (χ1) is 16.3. The molecule has 0 radical (unpaired) electrons. The number of nitrogens with one attached hydrogen (secondary N) is 1. The number of aliphatic hydroxyl groups is 2. The minimum Gasteiger partial charge on any atom is -0.477 e. The van der Waals surface area contributed by atoms with Crippen LogP contribution in [-0.4, -0.2) is 56.4 Å². The molecule has 1 heterocycles. The van der Waals surface area contributed by atoms with Crippen LogP contribution in [-0.2, 0) is 11.8 Å². The molecule has 4 rings (SSSR count). The number of amides is 1. The van der Waals surface area contributed by atoms with Crippen LogP contribution in [0.4, 0.5) is 4.79 Å². The van der Waals surface area contributed by atoms with E-state index in [4.69, 9.17) is 4.74 Å². The molecular formula is C25H27N3O6. The second-order valence-corrected chi connectivity index (χ2v) is 8.33. The van der Waals surface area contributed by atoms with Crippen molar-refractivity contribution >= 4 is 12.1 Å². The van der Waals surface area contributed by atoms with Crippen molar-refractivity contribution in [2.75, 3.05) is 13.2 Å². The summed E-state index contributed by atoms with van der Waals surface area (Å²) in [4.78, 5) is 23.8. The Balaban J connectivity index is 1.31. The molecule has 178 valence electrons. The summed E-state index contributed by atoms with van der Waals surface area (Å²) in [6.07, 6.45) is -3.38. The van der Waals surface area contributed by atoms with Crippen molar-refractivity contribution in [1.29, 1.82) is 0 Å². The summed E-state index contributed by atoms with van der Waals surface area (Å²) in [6.45, 7) is 1.77. The van der Waals surface area contributed by atoms with Gasteiger partial charge in [0, 0.05) is 25.1 Å². The molecule has 1 aliphatic carbocycles. The van der Waals surface area contributed by atoms with Crippen molar-refractivity contribution in [1.82, 2.24) is 15.1 Å². The van der Waals surface area contributed by atoms with Gasteiger partial charge in [0.2, 0.25) is 0 Å². The number of hydrogen-bond donors (Lipinski definition) is 4. The number of rotatable bonds is 8. The first-order valence-electron chi connectivity index (χ1n) is 11.0. The van der Waals surface area contributed by atoms with E-state index in [9.17, 15) is 24.9 Å². The number of carbonyl (C=O) groups is 2. The Morgan fingerprint density at radius 2 is 1.68 bits per heavy atom. The molecule has 1 aliphatic rings. The van der Waals surface area contributed by atoms with Gasteiger partial charge in [-0.25, -0.2) is 9.59 Å². The summed E-state index contributed by atoms with van der Waals surface area (Å²) >= 11 is 0. The molecule has 3 aromatic rings. The van der Waals surface area contributed by atoms with Crippen molar-refractivity contribution in [3.8, 4) is 11.1 Å². The van der Waals surface area contributed by atoms with E-state index in [0.717, 1.165) is 26.9 Å². The molecule has 9 heteroatoms. The van der Waals surface area contributed by atoms with Crippen LogP contribution < -0.4 is 5.32 Å². The number of aromatic nitrogens is 2.